The molecule has 1 aliphatic carbocycles. The third-order valence-electron chi connectivity index (χ3n) is 8.64. The first kappa shape index (κ1) is 28.3. The van der Waals surface area contributed by atoms with Gasteiger partial charge in [0, 0.05) is 43.7 Å². The third-order valence-corrected chi connectivity index (χ3v) is 9.49. The van der Waals surface area contributed by atoms with Crippen molar-refractivity contribution in [2.24, 2.45) is 11.8 Å². The summed E-state index contributed by atoms with van der Waals surface area (Å²) in [5, 5.41) is 9.59. The molecule has 1 spiro atoms. The van der Waals surface area contributed by atoms with Crippen LogP contribution >= 0.6 is 15.9 Å². The molecule has 0 radical (unpaired) electrons. The van der Waals surface area contributed by atoms with Crippen molar-refractivity contribution in [3.63, 3.8) is 0 Å². The van der Waals surface area contributed by atoms with Gasteiger partial charge in [0.1, 0.15) is 11.6 Å². The first-order chi connectivity index (χ1) is 17.9. The molecule has 1 saturated carbocycles. The van der Waals surface area contributed by atoms with Crippen LogP contribution in [0.2, 0.25) is 0 Å². The minimum absolute atomic E-state index is 0.0854. The van der Waals surface area contributed by atoms with E-state index in [1.54, 1.807) is 22.0 Å². The molecule has 3 heterocycles. The monoisotopic (exact) mass is 579 g/mol. The molecule has 2 bridgehead atoms. The zero-order valence-electron chi connectivity index (χ0n) is 22.0. The molecule has 4 rings (SSSR count). The number of halogens is 1. The number of likely N-dealkylation sites (tertiary alicyclic amines) is 1. The Labute approximate surface area is 229 Å². The molecular formula is C28H42BrN3O5. The molecule has 4 aliphatic rings. The van der Waals surface area contributed by atoms with E-state index in [9.17, 15) is 19.5 Å². The van der Waals surface area contributed by atoms with E-state index in [1.165, 1.54) is 6.42 Å². The van der Waals surface area contributed by atoms with Crippen molar-refractivity contribution in [2.75, 3.05) is 32.8 Å². The summed E-state index contributed by atoms with van der Waals surface area (Å²) in [7, 11) is 0. The first-order valence-electron chi connectivity index (χ1n) is 13.9. The second kappa shape index (κ2) is 12.0. The number of aliphatic hydroxyl groups is 1. The Kier molecular flexibility index (Phi) is 9.17. The van der Waals surface area contributed by atoms with Crippen molar-refractivity contribution < 1.29 is 24.2 Å². The number of amides is 3. The van der Waals surface area contributed by atoms with E-state index in [0.717, 1.165) is 32.1 Å². The lowest BCUT2D eigenvalue weighted by Crippen LogP contribution is -2.59. The van der Waals surface area contributed by atoms with Gasteiger partial charge in [-0.25, -0.2) is 0 Å². The number of alkyl halides is 1. The number of rotatable bonds is 12. The van der Waals surface area contributed by atoms with Crippen molar-refractivity contribution in [1.82, 2.24) is 14.7 Å². The highest BCUT2D eigenvalue weighted by molar-refractivity contribution is 9.09. The van der Waals surface area contributed by atoms with E-state index in [1.807, 2.05) is 11.8 Å². The second-order valence-electron chi connectivity index (χ2n) is 10.9. The fourth-order valence-corrected chi connectivity index (χ4v) is 8.15. The summed E-state index contributed by atoms with van der Waals surface area (Å²) in [6.07, 6.45) is 9.83. The number of hydrogen-bond acceptors (Lipinski definition) is 5. The van der Waals surface area contributed by atoms with Crippen LogP contribution in [0.3, 0.4) is 0 Å². The van der Waals surface area contributed by atoms with Crippen LogP contribution in [-0.2, 0) is 19.1 Å². The molecule has 3 saturated heterocycles. The van der Waals surface area contributed by atoms with Crippen molar-refractivity contribution in [3.05, 3.63) is 25.3 Å². The van der Waals surface area contributed by atoms with Crippen LogP contribution in [-0.4, -0.2) is 98.9 Å². The third kappa shape index (κ3) is 4.91. The van der Waals surface area contributed by atoms with Gasteiger partial charge < -0.3 is 24.5 Å². The Bertz CT molecular complexity index is 893. The van der Waals surface area contributed by atoms with Gasteiger partial charge in [-0.2, -0.15) is 0 Å². The molecule has 0 aromatic heterocycles. The van der Waals surface area contributed by atoms with E-state index in [2.05, 4.69) is 29.1 Å². The minimum Gasteiger partial charge on any atom is -0.396 e. The maximum absolute atomic E-state index is 14.4. The first-order valence-corrected chi connectivity index (χ1v) is 14.8. The highest BCUT2D eigenvalue weighted by Crippen LogP contribution is 2.60. The van der Waals surface area contributed by atoms with Gasteiger partial charge in [0.15, 0.2) is 0 Å². The maximum atomic E-state index is 14.4. The molecule has 6 atom stereocenters. The van der Waals surface area contributed by atoms with Gasteiger partial charge in [-0.05, 0) is 32.1 Å². The van der Waals surface area contributed by atoms with E-state index in [0.29, 0.717) is 32.5 Å². The zero-order chi connectivity index (χ0) is 26.7. The van der Waals surface area contributed by atoms with Crippen molar-refractivity contribution in [2.45, 2.75) is 86.9 Å². The molecule has 1 N–H and O–H groups in total. The summed E-state index contributed by atoms with van der Waals surface area (Å²) >= 11 is 3.75. The van der Waals surface area contributed by atoms with Crippen molar-refractivity contribution in [3.8, 4) is 0 Å². The molecule has 3 amide bonds. The molecule has 4 fully saturated rings. The van der Waals surface area contributed by atoms with Gasteiger partial charge in [-0.1, -0.05) is 54.3 Å². The molecule has 9 heteroatoms. The molecule has 37 heavy (non-hydrogen) atoms. The lowest BCUT2D eigenvalue weighted by Gasteiger charge is -2.41. The zero-order valence-corrected chi connectivity index (χ0v) is 23.6. The van der Waals surface area contributed by atoms with Crippen LogP contribution < -0.4 is 0 Å². The normalized spacial score (nSPS) is 32.9. The number of ether oxygens (including phenoxy) is 1. The predicted octanol–water partition coefficient (Wildman–Crippen LogP) is 2.89. The fraction of sp³-hybridized carbons (Fsp3) is 0.750. The highest BCUT2D eigenvalue weighted by Gasteiger charge is 2.76. The lowest BCUT2D eigenvalue weighted by atomic mass is 9.70. The standard InChI is InChI=1S/C28H42BrN3O5/c1-4-13-30(14-5-2)25(34)21-22-26(35)32(16-10-17-33)24(28(22)18-20(29)23(21)37-28)27(36)31(15-6-3)19-11-8-7-9-12-19/h4,6,19-24,33H,1,3,5,7-18H2,2H3/t20?,21-,22+,23-,24?,28?/m1/s1. The van der Waals surface area contributed by atoms with Gasteiger partial charge in [-0.3, -0.25) is 14.4 Å². The van der Waals surface area contributed by atoms with Crippen LogP contribution in [0.1, 0.15) is 58.3 Å². The van der Waals surface area contributed by atoms with E-state index in [-0.39, 0.29) is 41.7 Å². The molecule has 206 valence electrons. The summed E-state index contributed by atoms with van der Waals surface area (Å²) < 4.78 is 6.65. The predicted molar refractivity (Wildman–Crippen MR) is 145 cm³/mol. The molecule has 3 aliphatic heterocycles. The van der Waals surface area contributed by atoms with E-state index < -0.39 is 29.6 Å². The fourth-order valence-electron chi connectivity index (χ4n) is 7.21. The Hall–Kier alpha value is -1.71. The summed E-state index contributed by atoms with van der Waals surface area (Å²) in [5.74, 6) is -1.81. The van der Waals surface area contributed by atoms with Gasteiger partial charge in [0.05, 0.1) is 17.9 Å². The van der Waals surface area contributed by atoms with E-state index in [4.69, 9.17) is 4.74 Å². The lowest BCUT2D eigenvalue weighted by molar-refractivity contribution is -0.150. The summed E-state index contributed by atoms with van der Waals surface area (Å²) in [6.45, 7) is 11.3. The number of hydrogen-bond donors (Lipinski definition) is 1. The Morgan fingerprint density at radius 2 is 1.89 bits per heavy atom. The van der Waals surface area contributed by atoms with Gasteiger partial charge in [-0.15, -0.1) is 13.2 Å². The highest BCUT2D eigenvalue weighted by atomic mass is 79.9. The van der Waals surface area contributed by atoms with Crippen molar-refractivity contribution >= 4 is 33.7 Å². The number of carbonyl (C=O) groups is 3. The van der Waals surface area contributed by atoms with Gasteiger partial charge in [0.25, 0.3) is 0 Å². The molecule has 8 nitrogen and oxygen atoms in total. The quantitative estimate of drug-likeness (QED) is 0.283. The number of aliphatic hydroxyl groups excluding tert-OH is 1. The van der Waals surface area contributed by atoms with Crippen molar-refractivity contribution in [1.29, 1.82) is 0 Å². The Morgan fingerprint density at radius 1 is 1.19 bits per heavy atom. The molecule has 0 aromatic rings. The van der Waals surface area contributed by atoms with Crippen LogP contribution in [0.15, 0.2) is 25.3 Å². The number of fused-ring (bicyclic) bond motifs is 1. The summed E-state index contributed by atoms with van der Waals surface area (Å²) in [4.78, 5) is 47.5. The second-order valence-corrected chi connectivity index (χ2v) is 12.1. The topological polar surface area (TPSA) is 90.4 Å². The molecule has 0 aromatic carbocycles. The molecular weight excluding hydrogens is 538 g/mol. The van der Waals surface area contributed by atoms with Gasteiger partial charge in [0.2, 0.25) is 17.7 Å². The van der Waals surface area contributed by atoms with Crippen LogP contribution in [0, 0.1) is 11.8 Å². The average Bonchev–Trinajstić information content (AvgIpc) is 3.49. The van der Waals surface area contributed by atoms with Crippen LogP contribution in [0.25, 0.3) is 0 Å². The average molecular weight is 581 g/mol. The van der Waals surface area contributed by atoms with E-state index >= 15 is 0 Å². The Balaban J connectivity index is 1.73. The number of nitrogens with zero attached hydrogens (tertiary/aromatic N) is 3. The van der Waals surface area contributed by atoms with Crippen LogP contribution in [0.4, 0.5) is 0 Å². The maximum Gasteiger partial charge on any atom is 0.248 e. The van der Waals surface area contributed by atoms with Crippen LogP contribution in [0.5, 0.6) is 0 Å². The largest absolute Gasteiger partial charge is 0.396 e. The Morgan fingerprint density at radius 3 is 2.51 bits per heavy atom. The summed E-state index contributed by atoms with van der Waals surface area (Å²) in [5.41, 5.74) is -1.07. The smallest absolute Gasteiger partial charge is 0.248 e. The number of carbonyl (C=O) groups excluding carboxylic acids is 3. The van der Waals surface area contributed by atoms with Gasteiger partial charge >= 0.3 is 0 Å². The summed E-state index contributed by atoms with van der Waals surface area (Å²) in [6, 6.07) is -0.715. The SMILES string of the molecule is C=CCN(CCC)C(=O)[C@H]1[C@@H]2OC3(CC2Br)C(C(=O)N(CC=C)C2CCCCC2)N(CCCO)C(=O)[C@H]13. The minimum atomic E-state index is -1.07. The molecule has 3 unspecified atom stereocenters.